The Balaban J connectivity index is 3.10. The van der Waals surface area contributed by atoms with Crippen molar-refractivity contribution in [3.63, 3.8) is 0 Å². The highest BCUT2D eigenvalue weighted by Crippen LogP contribution is 2.22. The summed E-state index contributed by atoms with van der Waals surface area (Å²) in [6, 6.07) is 6.16. The molecule has 1 N–H and O–H groups in total. The second-order valence-corrected chi connectivity index (χ2v) is 6.10. The predicted octanol–water partition coefficient (Wildman–Crippen LogP) is 1.57. The maximum absolute atomic E-state index is 11.8. The second kappa shape index (κ2) is 4.10. The number of aromatic hydroxyl groups is 1. The molecule has 0 aromatic heterocycles. The van der Waals surface area contributed by atoms with Gasteiger partial charge in [-0.05, 0) is 26.0 Å². The van der Waals surface area contributed by atoms with Crippen LogP contribution in [0.15, 0.2) is 24.3 Å². The summed E-state index contributed by atoms with van der Waals surface area (Å²) in [7, 11) is -1.85. The quantitative estimate of drug-likeness (QED) is 0.855. The standard InChI is InChI=1S/C10H15NO3S/c1-8(2)15(13,14)11(3)9-5-4-6-10(12)7-9/h4-8,12H,1-3H3. The fourth-order valence-electron chi connectivity index (χ4n) is 1.15. The first-order valence-corrected chi connectivity index (χ1v) is 6.13. The van der Waals surface area contributed by atoms with E-state index in [0.717, 1.165) is 0 Å². The summed E-state index contributed by atoms with van der Waals surface area (Å²) in [6.45, 7) is 3.24. The van der Waals surface area contributed by atoms with Gasteiger partial charge in [-0.15, -0.1) is 0 Å². The average molecular weight is 229 g/mol. The van der Waals surface area contributed by atoms with Crippen molar-refractivity contribution in [3.05, 3.63) is 24.3 Å². The molecule has 0 spiro atoms. The third-order valence-electron chi connectivity index (χ3n) is 2.17. The lowest BCUT2D eigenvalue weighted by Crippen LogP contribution is -2.32. The topological polar surface area (TPSA) is 57.6 Å². The van der Waals surface area contributed by atoms with E-state index in [1.807, 2.05) is 0 Å². The zero-order valence-corrected chi connectivity index (χ0v) is 9.82. The van der Waals surface area contributed by atoms with Crippen LogP contribution in [0, 0.1) is 0 Å². The molecule has 0 aliphatic carbocycles. The van der Waals surface area contributed by atoms with Gasteiger partial charge in [-0.3, -0.25) is 4.31 Å². The highest BCUT2D eigenvalue weighted by molar-refractivity contribution is 7.93. The van der Waals surface area contributed by atoms with Gasteiger partial charge in [-0.2, -0.15) is 0 Å². The molecular weight excluding hydrogens is 214 g/mol. The minimum Gasteiger partial charge on any atom is -0.508 e. The van der Waals surface area contributed by atoms with E-state index in [4.69, 9.17) is 0 Å². The lowest BCUT2D eigenvalue weighted by atomic mass is 10.3. The van der Waals surface area contributed by atoms with Crippen molar-refractivity contribution < 1.29 is 13.5 Å². The van der Waals surface area contributed by atoms with Crippen LogP contribution in [0.2, 0.25) is 0 Å². The Hall–Kier alpha value is -1.23. The Morgan fingerprint density at radius 2 is 1.93 bits per heavy atom. The number of hydrogen-bond acceptors (Lipinski definition) is 3. The first-order chi connectivity index (χ1) is 6.85. The Labute approximate surface area is 90.2 Å². The number of hydrogen-bond donors (Lipinski definition) is 1. The smallest absolute Gasteiger partial charge is 0.237 e. The summed E-state index contributed by atoms with van der Waals surface area (Å²) in [6.07, 6.45) is 0. The van der Waals surface area contributed by atoms with E-state index in [0.29, 0.717) is 5.69 Å². The van der Waals surface area contributed by atoms with Crippen LogP contribution >= 0.6 is 0 Å². The van der Waals surface area contributed by atoms with Crippen molar-refractivity contribution >= 4 is 15.7 Å². The molecule has 0 amide bonds. The minimum absolute atomic E-state index is 0.0540. The number of rotatable bonds is 3. The van der Waals surface area contributed by atoms with Crippen LogP contribution in [0.4, 0.5) is 5.69 Å². The van der Waals surface area contributed by atoms with Crippen molar-refractivity contribution in [2.75, 3.05) is 11.4 Å². The van der Waals surface area contributed by atoms with Gasteiger partial charge in [0.15, 0.2) is 0 Å². The molecule has 1 aromatic carbocycles. The highest BCUT2D eigenvalue weighted by Gasteiger charge is 2.22. The number of sulfonamides is 1. The SMILES string of the molecule is CC(C)S(=O)(=O)N(C)c1cccc(O)c1. The van der Waals surface area contributed by atoms with Gasteiger partial charge in [-0.25, -0.2) is 8.42 Å². The first-order valence-electron chi connectivity index (χ1n) is 4.62. The molecule has 1 aromatic rings. The minimum atomic E-state index is -3.32. The van der Waals surface area contributed by atoms with Crippen LogP contribution < -0.4 is 4.31 Å². The average Bonchev–Trinajstić information content (AvgIpc) is 2.16. The Morgan fingerprint density at radius 1 is 1.33 bits per heavy atom. The van der Waals surface area contributed by atoms with Crippen LogP contribution in [0.3, 0.4) is 0 Å². The summed E-state index contributed by atoms with van der Waals surface area (Å²) < 4.78 is 24.8. The van der Waals surface area contributed by atoms with Crippen LogP contribution in [-0.4, -0.2) is 25.8 Å². The van der Waals surface area contributed by atoms with Gasteiger partial charge in [0.2, 0.25) is 10.0 Å². The highest BCUT2D eigenvalue weighted by atomic mass is 32.2. The molecule has 0 saturated carbocycles. The fourth-order valence-corrected chi connectivity index (χ4v) is 2.19. The molecule has 15 heavy (non-hydrogen) atoms. The van der Waals surface area contributed by atoms with E-state index in [1.165, 1.54) is 23.5 Å². The van der Waals surface area contributed by atoms with E-state index < -0.39 is 15.3 Å². The zero-order valence-electron chi connectivity index (χ0n) is 9.01. The van der Waals surface area contributed by atoms with Gasteiger partial charge in [0.05, 0.1) is 10.9 Å². The number of benzene rings is 1. The summed E-state index contributed by atoms with van der Waals surface area (Å²) >= 11 is 0. The molecule has 0 bridgehead atoms. The molecule has 84 valence electrons. The van der Waals surface area contributed by atoms with Gasteiger partial charge < -0.3 is 5.11 Å². The first kappa shape index (κ1) is 11.8. The summed E-state index contributed by atoms with van der Waals surface area (Å²) in [5.41, 5.74) is 0.462. The van der Waals surface area contributed by atoms with Gasteiger partial charge in [0.1, 0.15) is 5.75 Å². The van der Waals surface area contributed by atoms with Crippen LogP contribution in [-0.2, 0) is 10.0 Å². The van der Waals surface area contributed by atoms with Gasteiger partial charge in [0.25, 0.3) is 0 Å². The van der Waals surface area contributed by atoms with E-state index in [1.54, 1.807) is 26.0 Å². The van der Waals surface area contributed by atoms with Gasteiger partial charge in [0, 0.05) is 13.1 Å². The van der Waals surface area contributed by atoms with E-state index in [2.05, 4.69) is 0 Å². The second-order valence-electron chi connectivity index (χ2n) is 3.58. The van der Waals surface area contributed by atoms with Crippen LogP contribution in [0.5, 0.6) is 5.75 Å². The zero-order chi connectivity index (χ0) is 11.6. The lowest BCUT2D eigenvalue weighted by molar-refractivity contribution is 0.475. The lowest BCUT2D eigenvalue weighted by Gasteiger charge is -2.21. The third kappa shape index (κ3) is 2.41. The van der Waals surface area contributed by atoms with Crippen LogP contribution in [0.1, 0.15) is 13.8 Å². The molecule has 0 radical (unpaired) electrons. The molecular formula is C10H15NO3S. The molecule has 0 unspecified atom stereocenters. The normalized spacial score (nSPS) is 11.7. The molecule has 0 saturated heterocycles. The van der Waals surface area contributed by atoms with E-state index in [-0.39, 0.29) is 5.75 Å². The molecule has 0 heterocycles. The maximum atomic E-state index is 11.8. The Morgan fingerprint density at radius 3 is 2.40 bits per heavy atom. The molecule has 0 aliphatic rings. The van der Waals surface area contributed by atoms with Crippen LogP contribution in [0.25, 0.3) is 0 Å². The number of phenols is 1. The number of phenolic OH excluding ortho intramolecular Hbond substituents is 1. The monoisotopic (exact) mass is 229 g/mol. The van der Waals surface area contributed by atoms with Crippen molar-refractivity contribution in [1.29, 1.82) is 0 Å². The van der Waals surface area contributed by atoms with Gasteiger partial charge >= 0.3 is 0 Å². The summed E-state index contributed by atoms with van der Waals surface area (Å²) in [5.74, 6) is 0.0540. The third-order valence-corrected chi connectivity index (χ3v) is 4.34. The Bertz CT molecular complexity index is 440. The Kier molecular flexibility index (Phi) is 3.24. The van der Waals surface area contributed by atoms with Gasteiger partial charge in [-0.1, -0.05) is 6.07 Å². The molecule has 0 fully saturated rings. The van der Waals surface area contributed by atoms with Crippen molar-refractivity contribution in [1.82, 2.24) is 0 Å². The van der Waals surface area contributed by atoms with Crippen molar-refractivity contribution in [2.45, 2.75) is 19.1 Å². The molecule has 1 rings (SSSR count). The molecule has 0 aliphatic heterocycles. The van der Waals surface area contributed by atoms with E-state index in [9.17, 15) is 13.5 Å². The molecule has 4 nitrogen and oxygen atoms in total. The maximum Gasteiger partial charge on any atom is 0.237 e. The fraction of sp³-hybridized carbons (Fsp3) is 0.400. The molecule has 0 atom stereocenters. The van der Waals surface area contributed by atoms with E-state index >= 15 is 0 Å². The summed E-state index contributed by atoms with van der Waals surface area (Å²) in [4.78, 5) is 0. The number of anilines is 1. The number of nitrogens with zero attached hydrogens (tertiary/aromatic N) is 1. The van der Waals surface area contributed by atoms with Crippen molar-refractivity contribution in [2.24, 2.45) is 0 Å². The summed E-state index contributed by atoms with van der Waals surface area (Å²) in [5, 5.41) is 8.76. The van der Waals surface area contributed by atoms with Crippen molar-refractivity contribution in [3.8, 4) is 5.75 Å². The largest absolute Gasteiger partial charge is 0.508 e. The predicted molar refractivity (Wildman–Crippen MR) is 60.6 cm³/mol. The molecule has 5 heteroatoms.